The van der Waals surface area contributed by atoms with Gasteiger partial charge in [0.15, 0.2) is 23.0 Å². The van der Waals surface area contributed by atoms with Crippen LogP contribution in [0.4, 0.5) is 0 Å². The van der Waals surface area contributed by atoms with Crippen LogP contribution in [-0.2, 0) is 22.4 Å². The Morgan fingerprint density at radius 3 is 1.80 bits per heavy atom. The van der Waals surface area contributed by atoms with Crippen molar-refractivity contribution in [1.29, 1.82) is 0 Å². The molecule has 0 aromatic heterocycles. The first-order valence-corrected chi connectivity index (χ1v) is 9.58. The number of aromatic hydroxyl groups is 4. The van der Waals surface area contributed by atoms with Gasteiger partial charge < -0.3 is 36.8 Å². The van der Waals surface area contributed by atoms with Gasteiger partial charge in [-0.2, -0.15) is 0 Å². The molecule has 0 bridgehead atoms. The van der Waals surface area contributed by atoms with Crippen LogP contribution in [0, 0.1) is 0 Å². The number of nitrogens with two attached hydrogens (primary N) is 1. The molecule has 0 spiro atoms. The second-order valence-electron chi connectivity index (χ2n) is 6.93. The number of benzene rings is 2. The van der Waals surface area contributed by atoms with Gasteiger partial charge in [0.05, 0.1) is 6.04 Å². The van der Waals surface area contributed by atoms with E-state index in [4.69, 9.17) is 5.73 Å². The lowest BCUT2D eigenvalue weighted by Crippen LogP contribution is -2.42. The van der Waals surface area contributed by atoms with Crippen LogP contribution in [0.3, 0.4) is 0 Å². The van der Waals surface area contributed by atoms with Gasteiger partial charge in [0, 0.05) is 19.5 Å². The van der Waals surface area contributed by atoms with Crippen LogP contribution in [0.25, 0.3) is 0 Å². The summed E-state index contributed by atoms with van der Waals surface area (Å²) in [5.74, 6) is -1.44. The van der Waals surface area contributed by atoms with E-state index in [0.29, 0.717) is 25.9 Å². The molecule has 0 saturated carbocycles. The van der Waals surface area contributed by atoms with Crippen LogP contribution in [0.1, 0.15) is 24.0 Å². The molecule has 0 aliphatic heterocycles. The quantitative estimate of drug-likeness (QED) is 0.279. The Hall–Kier alpha value is -3.46. The fraction of sp³-hybridized carbons (Fsp3) is 0.333. The van der Waals surface area contributed by atoms with Crippen molar-refractivity contribution in [2.24, 2.45) is 5.73 Å². The van der Waals surface area contributed by atoms with Crippen molar-refractivity contribution in [3.05, 3.63) is 47.5 Å². The number of amides is 2. The average molecular weight is 417 g/mol. The molecule has 2 aromatic rings. The molecular weight excluding hydrogens is 390 g/mol. The summed E-state index contributed by atoms with van der Waals surface area (Å²) in [7, 11) is 0. The molecule has 2 aromatic carbocycles. The van der Waals surface area contributed by atoms with E-state index in [1.165, 1.54) is 24.3 Å². The molecule has 1 atom stereocenters. The molecule has 0 fully saturated rings. The van der Waals surface area contributed by atoms with Gasteiger partial charge in [-0.1, -0.05) is 12.1 Å². The fourth-order valence-corrected chi connectivity index (χ4v) is 2.76. The van der Waals surface area contributed by atoms with Crippen LogP contribution >= 0.6 is 0 Å². The highest BCUT2D eigenvalue weighted by Gasteiger charge is 2.15. The number of hydrogen-bond acceptors (Lipinski definition) is 7. The molecule has 2 rings (SSSR count). The number of phenols is 4. The Bertz CT molecular complexity index is 887. The van der Waals surface area contributed by atoms with E-state index in [0.717, 1.165) is 11.1 Å². The minimum absolute atomic E-state index is 0.0985. The molecule has 0 radical (unpaired) electrons. The van der Waals surface area contributed by atoms with Crippen molar-refractivity contribution in [3.8, 4) is 23.0 Å². The van der Waals surface area contributed by atoms with Gasteiger partial charge in [-0.05, 0) is 54.7 Å². The second-order valence-corrected chi connectivity index (χ2v) is 6.93. The minimum atomic E-state index is -0.821. The first-order chi connectivity index (χ1) is 14.3. The summed E-state index contributed by atoms with van der Waals surface area (Å²) in [6, 6.07) is 8.09. The maximum absolute atomic E-state index is 12.0. The Kier molecular flexibility index (Phi) is 8.30. The predicted octanol–water partition coefficient (Wildman–Crippen LogP) is 0.634. The third-order valence-corrected chi connectivity index (χ3v) is 4.55. The van der Waals surface area contributed by atoms with Crippen LogP contribution < -0.4 is 16.4 Å². The van der Waals surface area contributed by atoms with Gasteiger partial charge in [-0.15, -0.1) is 0 Å². The van der Waals surface area contributed by atoms with E-state index in [-0.39, 0.29) is 47.7 Å². The lowest BCUT2D eigenvalue weighted by Gasteiger charge is -2.12. The van der Waals surface area contributed by atoms with Crippen molar-refractivity contribution in [1.82, 2.24) is 10.6 Å². The molecule has 162 valence electrons. The molecule has 30 heavy (non-hydrogen) atoms. The van der Waals surface area contributed by atoms with E-state index in [9.17, 15) is 30.0 Å². The fourth-order valence-electron chi connectivity index (χ4n) is 2.76. The minimum Gasteiger partial charge on any atom is -0.504 e. The number of nitrogens with one attached hydrogen (secondary N) is 2. The van der Waals surface area contributed by atoms with Gasteiger partial charge in [-0.3, -0.25) is 9.59 Å². The summed E-state index contributed by atoms with van der Waals surface area (Å²) in [4.78, 5) is 23.9. The molecule has 8 N–H and O–H groups in total. The van der Waals surface area contributed by atoms with Gasteiger partial charge in [0.25, 0.3) is 0 Å². The van der Waals surface area contributed by atoms with Gasteiger partial charge in [0.1, 0.15) is 0 Å². The topological polar surface area (TPSA) is 165 Å². The summed E-state index contributed by atoms with van der Waals surface area (Å²) in [5.41, 5.74) is 7.34. The summed E-state index contributed by atoms with van der Waals surface area (Å²) >= 11 is 0. The van der Waals surface area contributed by atoms with E-state index >= 15 is 0 Å². The standard InChI is InChI=1S/C21H27N3O6/c22-15(21(30)24-10-8-14-2-5-17(26)19(28)12-14)3-6-20(29)23-9-7-13-1-4-16(25)18(27)11-13/h1-2,4-5,11-12,15,25-28H,3,6-10,22H2,(H,23,29)(H,24,30)/t15-/m0/s1. The van der Waals surface area contributed by atoms with Crippen LogP contribution in [0.5, 0.6) is 23.0 Å². The van der Waals surface area contributed by atoms with Crippen LogP contribution in [-0.4, -0.2) is 51.4 Å². The largest absolute Gasteiger partial charge is 0.504 e. The molecule has 9 nitrogen and oxygen atoms in total. The lowest BCUT2D eigenvalue weighted by atomic mass is 10.1. The van der Waals surface area contributed by atoms with Crippen molar-refractivity contribution < 1.29 is 30.0 Å². The van der Waals surface area contributed by atoms with E-state index in [2.05, 4.69) is 10.6 Å². The first-order valence-electron chi connectivity index (χ1n) is 9.58. The highest BCUT2D eigenvalue weighted by atomic mass is 16.3. The first kappa shape index (κ1) is 22.8. The Morgan fingerprint density at radius 2 is 1.30 bits per heavy atom. The van der Waals surface area contributed by atoms with Crippen molar-refractivity contribution >= 4 is 11.8 Å². The van der Waals surface area contributed by atoms with Gasteiger partial charge in [0.2, 0.25) is 11.8 Å². The monoisotopic (exact) mass is 417 g/mol. The van der Waals surface area contributed by atoms with Crippen molar-refractivity contribution in [3.63, 3.8) is 0 Å². The lowest BCUT2D eigenvalue weighted by molar-refractivity contribution is -0.123. The predicted molar refractivity (Wildman–Crippen MR) is 110 cm³/mol. The zero-order valence-corrected chi connectivity index (χ0v) is 16.5. The molecule has 0 saturated heterocycles. The van der Waals surface area contributed by atoms with Gasteiger partial charge >= 0.3 is 0 Å². The summed E-state index contributed by atoms with van der Waals surface area (Å²) in [5, 5.41) is 42.8. The SMILES string of the molecule is N[C@@H](CCC(=O)NCCc1ccc(O)c(O)c1)C(=O)NCCc1ccc(O)c(O)c1. The molecule has 0 unspecified atom stereocenters. The molecule has 9 heteroatoms. The molecule has 0 aliphatic carbocycles. The highest BCUT2D eigenvalue weighted by molar-refractivity contribution is 5.83. The molecular formula is C21H27N3O6. The van der Waals surface area contributed by atoms with Crippen LogP contribution in [0.15, 0.2) is 36.4 Å². The van der Waals surface area contributed by atoms with E-state index in [1.54, 1.807) is 12.1 Å². The number of phenolic OH excluding ortho intramolecular Hbond substituents is 4. The molecule has 2 amide bonds. The zero-order chi connectivity index (χ0) is 22.1. The Labute approximate surface area is 174 Å². The maximum Gasteiger partial charge on any atom is 0.236 e. The second kappa shape index (κ2) is 10.9. The summed E-state index contributed by atoms with van der Waals surface area (Å²) < 4.78 is 0. The summed E-state index contributed by atoms with van der Waals surface area (Å²) in [6.07, 6.45) is 1.23. The van der Waals surface area contributed by atoms with E-state index in [1.807, 2.05) is 0 Å². The molecule has 0 aliphatic rings. The summed E-state index contributed by atoms with van der Waals surface area (Å²) in [6.45, 7) is 0.659. The third kappa shape index (κ3) is 7.17. The van der Waals surface area contributed by atoms with E-state index < -0.39 is 6.04 Å². The van der Waals surface area contributed by atoms with Crippen molar-refractivity contribution in [2.75, 3.05) is 13.1 Å². The Balaban J connectivity index is 1.62. The average Bonchev–Trinajstić information content (AvgIpc) is 2.71. The van der Waals surface area contributed by atoms with Crippen LogP contribution in [0.2, 0.25) is 0 Å². The normalized spacial score (nSPS) is 11.6. The number of carbonyl (C=O) groups excluding carboxylic acids is 2. The Morgan fingerprint density at radius 1 is 0.800 bits per heavy atom. The van der Waals surface area contributed by atoms with Gasteiger partial charge in [-0.25, -0.2) is 0 Å². The highest BCUT2D eigenvalue weighted by Crippen LogP contribution is 2.25. The number of carbonyl (C=O) groups is 2. The van der Waals surface area contributed by atoms with Crippen molar-refractivity contribution in [2.45, 2.75) is 31.7 Å². The maximum atomic E-state index is 12.0. The number of rotatable bonds is 10. The zero-order valence-electron chi connectivity index (χ0n) is 16.5. The number of hydrogen-bond donors (Lipinski definition) is 7. The molecule has 0 heterocycles. The smallest absolute Gasteiger partial charge is 0.236 e. The third-order valence-electron chi connectivity index (χ3n) is 4.55.